The van der Waals surface area contributed by atoms with E-state index in [1.165, 1.54) is 0 Å². The first kappa shape index (κ1) is 18.5. The van der Waals surface area contributed by atoms with Gasteiger partial charge < -0.3 is 14.4 Å². The van der Waals surface area contributed by atoms with E-state index in [1.807, 2.05) is 0 Å². The molecule has 56 valence electrons. The van der Waals surface area contributed by atoms with Crippen LogP contribution in [0.3, 0.4) is 0 Å². The number of rotatable bonds is 2. The van der Waals surface area contributed by atoms with E-state index in [0.29, 0.717) is 0 Å². The summed E-state index contributed by atoms with van der Waals surface area (Å²) in [5.41, 5.74) is 0. The molecular weight excluding hydrogens is 283 g/mol. The molecule has 3 N–H and O–H groups in total. The summed E-state index contributed by atoms with van der Waals surface area (Å²) >= 11 is 0. The Bertz CT molecular complexity index is 129. The average Bonchev–Trinajstić information content (AvgIpc) is 1.21. The van der Waals surface area contributed by atoms with Crippen molar-refractivity contribution in [3.05, 3.63) is 0 Å². The van der Waals surface area contributed by atoms with Gasteiger partial charge in [0.1, 0.15) is 0 Å². The maximum atomic E-state index is 9.38. The van der Waals surface area contributed by atoms with Gasteiger partial charge in [0.25, 0.3) is 0 Å². The zero-order valence-electron chi connectivity index (χ0n) is 3.51. The van der Waals surface area contributed by atoms with Crippen molar-refractivity contribution >= 4 is 100 Å². The molecule has 0 amide bonds. The minimum absolute atomic E-state index is 0. The van der Waals surface area contributed by atoms with Gasteiger partial charge in [0.2, 0.25) is 0 Å². The van der Waals surface area contributed by atoms with Crippen LogP contribution in [0.15, 0.2) is 0 Å². The normalized spacial score (nSPS) is 9.10. The van der Waals surface area contributed by atoms with Gasteiger partial charge in [-0.3, -0.25) is 0 Å². The van der Waals surface area contributed by atoms with Crippen LogP contribution in [0.5, 0.6) is 0 Å². The van der Waals surface area contributed by atoms with Crippen molar-refractivity contribution in [1.29, 1.82) is 0 Å². The molecule has 6 nitrogen and oxygen atoms in total. The van der Waals surface area contributed by atoms with Crippen molar-refractivity contribution in [3.63, 3.8) is 0 Å². The molecule has 0 aliphatic rings. The molecule has 10 heavy (non-hydrogen) atoms. The zero-order chi connectivity index (χ0) is 6.78. The van der Waals surface area contributed by atoms with Gasteiger partial charge in [0.15, 0.2) is 0 Å². The van der Waals surface area contributed by atoms with Gasteiger partial charge in [-0.25, -0.2) is 13.3 Å². The Morgan fingerprint density at radius 2 is 1.50 bits per heavy atom. The molecule has 0 aliphatic heterocycles. The van der Waals surface area contributed by atoms with Crippen molar-refractivity contribution < 1.29 is 27.7 Å². The Balaban J connectivity index is -0.000000245. The van der Waals surface area contributed by atoms with Crippen LogP contribution >= 0.6 is 7.91 Å². The fourth-order valence-corrected chi connectivity index (χ4v) is 0.900. The topological polar surface area (TPSA) is 104 Å². The van der Waals surface area contributed by atoms with Crippen molar-refractivity contribution in [3.8, 4) is 0 Å². The molecule has 0 bridgehead atoms. The number of hydrogen-bond acceptors (Lipinski definition) is 6. The zero-order valence-corrected chi connectivity index (χ0v) is 5.41. The van der Waals surface area contributed by atoms with Crippen molar-refractivity contribution in [2.24, 2.45) is 0 Å². The maximum absolute atomic E-state index is 9.38. The van der Waals surface area contributed by atoms with Crippen molar-refractivity contribution in [2.75, 3.05) is 0 Å². The van der Waals surface area contributed by atoms with E-state index in [-0.39, 0.29) is 83.2 Å². The van der Waals surface area contributed by atoms with Gasteiger partial charge in [-0.05, 0) is 0 Å². The molecule has 0 atom stereocenters. The van der Waals surface area contributed by atoms with Crippen LogP contribution in [-0.2, 0) is 13.3 Å². The van der Waals surface area contributed by atoms with Gasteiger partial charge in [0.05, 0.1) is 0 Å². The Morgan fingerprint density at radius 1 is 1.20 bits per heavy atom. The second-order valence-electron chi connectivity index (χ2n) is 0.889. The summed E-state index contributed by atoms with van der Waals surface area (Å²) in [6.45, 7) is 0. The Labute approximate surface area is 125 Å². The van der Waals surface area contributed by atoms with Crippen molar-refractivity contribution in [2.45, 2.75) is 0 Å². The van der Waals surface area contributed by atoms with Gasteiger partial charge >= 0.3 is 100 Å². The molecule has 0 rings (SSSR count). The summed E-state index contributed by atoms with van der Waals surface area (Å²) in [5, 5.41) is 0. The fourth-order valence-electron chi connectivity index (χ4n) is 0.100. The Hall–Kier alpha value is 2.70. The molecule has 0 spiro atoms. The van der Waals surface area contributed by atoms with E-state index in [1.54, 1.807) is 0 Å². The SMILES string of the molecule is O=P(=O)O[Si](O)(O)O.[CaH2].[SrH2]. The van der Waals surface area contributed by atoms with Gasteiger partial charge in [-0.15, -0.1) is 0 Å². The summed E-state index contributed by atoms with van der Waals surface area (Å²) in [6.07, 6.45) is 0. The van der Waals surface area contributed by atoms with Gasteiger partial charge in [-0.2, -0.15) is 0 Å². The molecule has 10 heteroatoms. The van der Waals surface area contributed by atoms with Crippen LogP contribution in [0.2, 0.25) is 0 Å². The van der Waals surface area contributed by atoms with E-state index in [2.05, 4.69) is 4.21 Å². The predicted octanol–water partition coefficient (Wildman–Crippen LogP) is -3.33. The summed E-state index contributed by atoms with van der Waals surface area (Å²) in [5.74, 6) is 0. The molecule has 0 saturated carbocycles. The van der Waals surface area contributed by atoms with Crippen LogP contribution in [-0.4, -0.2) is 107 Å². The molecular formula is H7CaO6PSiSr. The third kappa shape index (κ3) is 17.0. The summed E-state index contributed by atoms with van der Waals surface area (Å²) in [6, 6.07) is 0. The van der Waals surface area contributed by atoms with E-state index >= 15 is 0 Å². The molecule has 0 aromatic rings. The molecule has 0 radical (unpaired) electrons. The average molecular weight is 290 g/mol. The summed E-state index contributed by atoms with van der Waals surface area (Å²) < 4.78 is 22.0. The first-order chi connectivity index (χ1) is 3.42. The van der Waals surface area contributed by atoms with Gasteiger partial charge in [0, 0.05) is 0 Å². The fraction of sp³-hybridized carbons (Fsp3) is 0. The first-order valence-corrected chi connectivity index (χ1v) is 4.27. The molecule has 0 fully saturated rings. The molecule has 0 saturated heterocycles. The molecule has 0 unspecified atom stereocenters. The van der Waals surface area contributed by atoms with Crippen LogP contribution in [0, 0.1) is 0 Å². The second kappa shape index (κ2) is 8.30. The number of hydrogen-bond donors (Lipinski definition) is 3. The van der Waals surface area contributed by atoms with Crippen LogP contribution in [0.4, 0.5) is 0 Å². The molecule has 0 heterocycles. The molecule has 0 aromatic carbocycles. The quantitative estimate of drug-likeness (QED) is 0.363. The van der Waals surface area contributed by atoms with Crippen LogP contribution < -0.4 is 0 Å². The predicted molar refractivity (Wildman–Crippen MR) is 38.9 cm³/mol. The van der Waals surface area contributed by atoms with E-state index in [0.717, 1.165) is 0 Å². The van der Waals surface area contributed by atoms with Crippen molar-refractivity contribution in [1.82, 2.24) is 0 Å². The molecule has 0 aliphatic carbocycles. The minimum atomic E-state index is -4.82. The first-order valence-electron chi connectivity index (χ1n) is 1.42. The third-order valence-electron chi connectivity index (χ3n) is 0.197. The Kier molecular flexibility index (Phi) is 15.3. The van der Waals surface area contributed by atoms with Crippen LogP contribution in [0.25, 0.3) is 0 Å². The molecule has 0 aromatic heterocycles. The van der Waals surface area contributed by atoms with Gasteiger partial charge in [-0.1, -0.05) is 0 Å². The monoisotopic (exact) mass is 290 g/mol. The van der Waals surface area contributed by atoms with E-state index < -0.39 is 17.0 Å². The van der Waals surface area contributed by atoms with Crippen LogP contribution in [0.1, 0.15) is 0 Å². The van der Waals surface area contributed by atoms with E-state index in [4.69, 9.17) is 14.4 Å². The summed E-state index contributed by atoms with van der Waals surface area (Å²) in [7, 11) is -8.19. The Morgan fingerprint density at radius 3 is 1.50 bits per heavy atom. The summed E-state index contributed by atoms with van der Waals surface area (Å²) in [4.78, 5) is 23.5. The standard InChI is InChI=1S/Ca.H3O6PSi.Sr.4H/c;1-7(2)6-8(3,4)5;;;;;/h;3-5H;;;;;. The third-order valence-corrected chi connectivity index (χ3v) is 1.77. The second-order valence-corrected chi connectivity index (χ2v) is 3.21. The van der Waals surface area contributed by atoms with E-state index in [9.17, 15) is 9.13 Å².